The number of nitrogens with zero attached hydrogens (tertiary/aromatic N) is 1. The molecule has 0 saturated carbocycles. The van der Waals surface area contributed by atoms with E-state index in [1.54, 1.807) is 14.2 Å². The molecule has 0 aromatic heterocycles. The molecule has 2 aromatic rings. The van der Waals surface area contributed by atoms with Crippen LogP contribution in [0.1, 0.15) is 18.1 Å². The van der Waals surface area contributed by atoms with E-state index >= 15 is 0 Å². The highest BCUT2D eigenvalue weighted by molar-refractivity contribution is 5.85. The number of amides is 1. The highest BCUT2D eigenvalue weighted by Crippen LogP contribution is 2.22. The van der Waals surface area contributed by atoms with Gasteiger partial charge < -0.3 is 20.1 Å². The molecule has 1 amide bonds. The second kappa shape index (κ2) is 11.6. The number of ether oxygens (including phenoxy) is 2. The van der Waals surface area contributed by atoms with E-state index in [2.05, 4.69) is 0 Å². The first-order valence-electron chi connectivity index (χ1n) is 8.77. The number of halogens is 1. The lowest BCUT2D eigenvalue weighted by molar-refractivity contribution is -0.136. The van der Waals surface area contributed by atoms with Crippen molar-refractivity contribution in [1.82, 2.24) is 4.90 Å². The van der Waals surface area contributed by atoms with Crippen LogP contribution in [0.3, 0.4) is 0 Å². The Hall–Kier alpha value is -2.08. The van der Waals surface area contributed by atoms with Gasteiger partial charge in [0.25, 0.3) is 0 Å². The van der Waals surface area contributed by atoms with Crippen molar-refractivity contribution >= 4 is 18.3 Å². The molecule has 0 fully saturated rings. The third kappa shape index (κ3) is 6.54. The van der Waals surface area contributed by atoms with Gasteiger partial charge in [-0.2, -0.15) is 0 Å². The Morgan fingerprint density at radius 2 is 1.70 bits per heavy atom. The monoisotopic (exact) mass is 392 g/mol. The van der Waals surface area contributed by atoms with Crippen LogP contribution in [0.4, 0.5) is 0 Å². The summed E-state index contributed by atoms with van der Waals surface area (Å²) in [7, 11) is 3.21. The van der Waals surface area contributed by atoms with E-state index in [4.69, 9.17) is 15.2 Å². The summed E-state index contributed by atoms with van der Waals surface area (Å²) < 4.78 is 10.5. The third-order valence-corrected chi connectivity index (χ3v) is 4.38. The Balaban J connectivity index is 0.00000364. The molecule has 148 valence electrons. The van der Waals surface area contributed by atoms with Crippen molar-refractivity contribution in [2.24, 2.45) is 5.73 Å². The lowest BCUT2D eigenvalue weighted by atomic mass is 10.0. The minimum Gasteiger partial charge on any atom is -0.496 e. The number of benzene rings is 2. The van der Waals surface area contributed by atoms with Crippen LogP contribution >= 0.6 is 12.4 Å². The molecule has 0 aliphatic carbocycles. The van der Waals surface area contributed by atoms with E-state index in [0.717, 1.165) is 16.9 Å². The highest BCUT2D eigenvalue weighted by atomic mass is 35.5. The third-order valence-electron chi connectivity index (χ3n) is 4.38. The predicted molar refractivity (Wildman–Crippen MR) is 110 cm³/mol. The van der Waals surface area contributed by atoms with Gasteiger partial charge in [0.05, 0.1) is 13.7 Å². The molecule has 0 aliphatic rings. The van der Waals surface area contributed by atoms with Gasteiger partial charge in [0.2, 0.25) is 5.91 Å². The van der Waals surface area contributed by atoms with Crippen molar-refractivity contribution in [3.63, 3.8) is 0 Å². The highest BCUT2D eigenvalue weighted by Gasteiger charge is 2.26. The quantitative estimate of drug-likeness (QED) is 0.712. The molecule has 27 heavy (non-hydrogen) atoms. The van der Waals surface area contributed by atoms with E-state index in [9.17, 15) is 4.79 Å². The maximum Gasteiger partial charge on any atom is 0.242 e. The van der Waals surface area contributed by atoms with Crippen molar-refractivity contribution < 1.29 is 14.3 Å². The van der Waals surface area contributed by atoms with E-state index in [0.29, 0.717) is 13.0 Å². The molecule has 0 bridgehead atoms. The molecule has 0 radical (unpaired) electrons. The summed E-state index contributed by atoms with van der Waals surface area (Å²) >= 11 is 0. The van der Waals surface area contributed by atoms with Crippen LogP contribution in [-0.2, 0) is 22.5 Å². The molecule has 2 unspecified atom stereocenters. The van der Waals surface area contributed by atoms with Gasteiger partial charge in [0, 0.05) is 19.7 Å². The van der Waals surface area contributed by atoms with Gasteiger partial charge in [0.15, 0.2) is 0 Å². The minimum atomic E-state index is -0.677. The molecule has 2 atom stereocenters. The van der Waals surface area contributed by atoms with Gasteiger partial charge in [-0.05, 0) is 30.5 Å². The van der Waals surface area contributed by atoms with Crippen molar-refractivity contribution in [3.05, 3.63) is 65.7 Å². The van der Waals surface area contributed by atoms with Crippen molar-refractivity contribution in [2.45, 2.75) is 32.0 Å². The molecular formula is C21H29ClN2O3. The second-order valence-corrected chi connectivity index (χ2v) is 6.38. The zero-order valence-electron chi connectivity index (χ0n) is 16.1. The Bertz CT molecular complexity index is 697. The van der Waals surface area contributed by atoms with Crippen LogP contribution in [0, 0.1) is 0 Å². The van der Waals surface area contributed by atoms with Crippen molar-refractivity contribution in [2.75, 3.05) is 20.8 Å². The number of hydrogen-bond donors (Lipinski definition) is 1. The number of nitrogens with two attached hydrogens (primary N) is 1. The smallest absolute Gasteiger partial charge is 0.242 e. The maximum absolute atomic E-state index is 12.9. The summed E-state index contributed by atoms with van der Waals surface area (Å²) in [5.41, 5.74) is 8.16. The normalized spacial score (nSPS) is 12.6. The predicted octanol–water partition coefficient (Wildman–Crippen LogP) is 3.05. The molecule has 5 nitrogen and oxygen atoms in total. The standard InChI is InChI=1S/C21H28N2O3.ClH/c1-16(13-18-11-7-8-12-20(18)26-3)23(21(24)19(22)15-25-2)14-17-9-5-4-6-10-17;/h4-12,16,19H,13-15,22H2,1-3H3;1H. The summed E-state index contributed by atoms with van der Waals surface area (Å²) in [5.74, 6) is 0.714. The van der Waals surface area contributed by atoms with Gasteiger partial charge in [0.1, 0.15) is 11.8 Å². The van der Waals surface area contributed by atoms with Crippen LogP contribution in [-0.4, -0.2) is 43.7 Å². The molecule has 2 aromatic carbocycles. The Morgan fingerprint density at radius 3 is 2.33 bits per heavy atom. The SMILES string of the molecule is COCC(N)C(=O)N(Cc1ccccc1)C(C)Cc1ccccc1OC.Cl. The minimum absolute atomic E-state index is 0. The summed E-state index contributed by atoms with van der Waals surface area (Å²) in [6, 6.07) is 17.1. The first kappa shape index (κ1) is 23.0. The molecule has 2 N–H and O–H groups in total. The summed E-state index contributed by atoms with van der Waals surface area (Å²) in [4.78, 5) is 14.7. The average Bonchev–Trinajstić information content (AvgIpc) is 2.67. The zero-order valence-corrected chi connectivity index (χ0v) is 16.9. The first-order chi connectivity index (χ1) is 12.6. The molecule has 0 heterocycles. The van der Waals surface area contributed by atoms with E-state index < -0.39 is 6.04 Å². The van der Waals surface area contributed by atoms with Gasteiger partial charge in [-0.25, -0.2) is 0 Å². The van der Waals surface area contributed by atoms with Gasteiger partial charge in [-0.1, -0.05) is 48.5 Å². The lowest BCUT2D eigenvalue weighted by Gasteiger charge is -2.32. The topological polar surface area (TPSA) is 64.8 Å². The summed E-state index contributed by atoms with van der Waals surface area (Å²) in [5, 5.41) is 0. The molecule has 6 heteroatoms. The second-order valence-electron chi connectivity index (χ2n) is 6.38. The van der Waals surface area contributed by atoms with E-state index in [1.807, 2.05) is 66.4 Å². The van der Waals surface area contributed by atoms with Gasteiger partial charge >= 0.3 is 0 Å². The van der Waals surface area contributed by atoms with Crippen LogP contribution in [0.25, 0.3) is 0 Å². The van der Waals surface area contributed by atoms with Crippen LogP contribution in [0.2, 0.25) is 0 Å². The van der Waals surface area contributed by atoms with E-state index in [1.165, 1.54) is 0 Å². The fourth-order valence-corrected chi connectivity index (χ4v) is 2.99. The first-order valence-corrected chi connectivity index (χ1v) is 8.77. The Labute approximate surface area is 167 Å². The number of hydrogen-bond acceptors (Lipinski definition) is 4. The molecule has 0 aliphatic heterocycles. The molecular weight excluding hydrogens is 364 g/mol. The number of rotatable bonds is 9. The molecule has 0 spiro atoms. The zero-order chi connectivity index (χ0) is 18.9. The Morgan fingerprint density at radius 1 is 1.07 bits per heavy atom. The fraction of sp³-hybridized carbons (Fsp3) is 0.381. The van der Waals surface area contributed by atoms with Crippen molar-refractivity contribution in [3.8, 4) is 5.75 Å². The summed E-state index contributed by atoms with van der Waals surface area (Å²) in [6.07, 6.45) is 0.683. The van der Waals surface area contributed by atoms with Crippen LogP contribution in [0.15, 0.2) is 54.6 Å². The molecule has 2 rings (SSSR count). The van der Waals surface area contributed by atoms with Crippen LogP contribution in [0.5, 0.6) is 5.75 Å². The Kier molecular flexibility index (Phi) is 9.86. The van der Waals surface area contributed by atoms with E-state index in [-0.39, 0.29) is 31.0 Å². The van der Waals surface area contributed by atoms with Crippen molar-refractivity contribution in [1.29, 1.82) is 0 Å². The number of carbonyl (C=O) groups is 1. The van der Waals surface area contributed by atoms with Crippen LogP contribution < -0.4 is 10.5 Å². The number of para-hydroxylation sites is 1. The maximum atomic E-state index is 12.9. The molecule has 0 saturated heterocycles. The van der Waals surface area contributed by atoms with Gasteiger partial charge in [-0.3, -0.25) is 4.79 Å². The largest absolute Gasteiger partial charge is 0.496 e. The van der Waals surface area contributed by atoms with Gasteiger partial charge in [-0.15, -0.1) is 12.4 Å². The number of methoxy groups -OCH3 is 2. The lowest BCUT2D eigenvalue weighted by Crippen LogP contribution is -2.49. The number of carbonyl (C=O) groups excluding carboxylic acids is 1. The summed E-state index contributed by atoms with van der Waals surface area (Å²) in [6.45, 7) is 2.74. The average molecular weight is 393 g/mol. The fourth-order valence-electron chi connectivity index (χ4n) is 2.99.